The molecular formula is C17H18F3N. The number of rotatable bonds is 5. The zero-order chi connectivity index (χ0) is 15.4. The molecule has 0 heterocycles. The van der Waals surface area contributed by atoms with Crippen LogP contribution in [0.15, 0.2) is 30.3 Å². The van der Waals surface area contributed by atoms with Crippen LogP contribution in [0.2, 0.25) is 0 Å². The highest BCUT2D eigenvalue weighted by Gasteiger charge is 2.13. The molecule has 2 rings (SSSR count). The minimum absolute atomic E-state index is 0.0868. The van der Waals surface area contributed by atoms with E-state index < -0.39 is 17.5 Å². The molecule has 0 spiro atoms. The van der Waals surface area contributed by atoms with Gasteiger partial charge in [0.15, 0.2) is 11.6 Å². The van der Waals surface area contributed by atoms with Crippen molar-refractivity contribution in [2.45, 2.75) is 26.8 Å². The molecule has 2 aromatic rings. The summed E-state index contributed by atoms with van der Waals surface area (Å²) < 4.78 is 40.3. The van der Waals surface area contributed by atoms with Crippen LogP contribution in [0.5, 0.6) is 0 Å². The molecule has 112 valence electrons. The summed E-state index contributed by atoms with van der Waals surface area (Å²) in [6, 6.07) is 7.12. The molecule has 0 amide bonds. The van der Waals surface area contributed by atoms with Crippen LogP contribution in [-0.2, 0) is 6.54 Å². The van der Waals surface area contributed by atoms with E-state index in [1.807, 2.05) is 25.1 Å². The quantitative estimate of drug-likeness (QED) is 0.628. The molecule has 0 radical (unpaired) electrons. The fourth-order valence-electron chi connectivity index (χ4n) is 2.21. The minimum atomic E-state index is -1.17. The zero-order valence-corrected chi connectivity index (χ0v) is 12.1. The van der Waals surface area contributed by atoms with Crippen LogP contribution in [0.4, 0.5) is 13.2 Å². The van der Waals surface area contributed by atoms with Crippen molar-refractivity contribution in [3.05, 3.63) is 58.9 Å². The predicted molar refractivity (Wildman–Crippen MR) is 78.5 cm³/mol. The van der Waals surface area contributed by atoms with E-state index in [1.165, 1.54) is 0 Å². The monoisotopic (exact) mass is 293 g/mol. The van der Waals surface area contributed by atoms with Gasteiger partial charge in [-0.2, -0.15) is 0 Å². The highest BCUT2D eigenvalue weighted by atomic mass is 19.2. The lowest BCUT2D eigenvalue weighted by molar-refractivity contribution is 0.496. The molecule has 0 aliphatic carbocycles. The summed E-state index contributed by atoms with van der Waals surface area (Å²) in [4.78, 5) is 0. The van der Waals surface area contributed by atoms with Gasteiger partial charge in [0.1, 0.15) is 5.82 Å². The molecule has 0 unspecified atom stereocenters. The summed E-state index contributed by atoms with van der Waals surface area (Å²) >= 11 is 0. The van der Waals surface area contributed by atoms with Crippen molar-refractivity contribution in [2.24, 2.45) is 0 Å². The Morgan fingerprint density at radius 2 is 1.62 bits per heavy atom. The highest BCUT2D eigenvalue weighted by Crippen LogP contribution is 2.29. The predicted octanol–water partition coefficient (Wildman–Crippen LogP) is 4.58. The largest absolute Gasteiger partial charge is 0.313 e. The molecule has 0 saturated carbocycles. The second-order valence-electron chi connectivity index (χ2n) is 5.07. The van der Waals surface area contributed by atoms with Crippen LogP contribution in [-0.4, -0.2) is 6.54 Å². The standard InChI is InChI=1S/C17H18F3N/c1-3-6-21-10-12-5-4-11(2)13(7-12)14-8-16(19)17(20)9-15(14)18/h4-5,7-9,21H,3,6,10H2,1-2H3. The molecule has 0 aliphatic rings. The Labute approximate surface area is 122 Å². The molecule has 2 aromatic carbocycles. The Morgan fingerprint density at radius 3 is 2.33 bits per heavy atom. The molecule has 0 aromatic heterocycles. The number of hydrogen-bond donors (Lipinski definition) is 1. The van der Waals surface area contributed by atoms with Crippen molar-refractivity contribution in [1.29, 1.82) is 0 Å². The van der Waals surface area contributed by atoms with Crippen LogP contribution in [0.25, 0.3) is 11.1 Å². The van der Waals surface area contributed by atoms with E-state index in [4.69, 9.17) is 0 Å². The van der Waals surface area contributed by atoms with Gasteiger partial charge in [0.25, 0.3) is 0 Å². The first kappa shape index (κ1) is 15.6. The lowest BCUT2D eigenvalue weighted by Crippen LogP contribution is -2.13. The number of benzene rings is 2. The van der Waals surface area contributed by atoms with Crippen LogP contribution < -0.4 is 5.32 Å². The van der Waals surface area contributed by atoms with E-state index in [9.17, 15) is 13.2 Å². The van der Waals surface area contributed by atoms with E-state index in [0.717, 1.165) is 30.2 Å². The van der Waals surface area contributed by atoms with Gasteiger partial charge in [0, 0.05) is 18.2 Å². The third-order valence-corrected chi connectivity index (χ3v) is 3.36. The molecule has 0 aliphatic heterocycles. The first-order chi connectivity index (χ1) is 10.0. The molecule has 21 heavy (non-hydrogen) atoms. The van der Waals surface area contributed by atoms with Gasteiger partial charge in [0.2, 0.25) is 0 Å². The molecule has 0 atom stereocenters. The third-order valence-electron chi connectivity index (χ3n) is 3.36. The van der Waals surface area contributed by atoms with Gasteiger partial charge >= 0.3 is 0 Å². The normalized spacial score (nSPS) is 10.9. The Morgan fingerprint density at radius 1 is 0.905 bits per heavy atom. The third kappa shape index (κ3) is 3.64. The summed E-state index contributed by atoms with van der Waals surface area (Å²) in [5, 5.41) is 3.26. The fourth-order valence-corrected chi connectivity index (χ4v) is 2.21. The summed E-state index contributed by atoms with van der Waals surface area (Å²) in [6.45, 7) is 5.44. The van der Waals surface area contributed by atoms with E-state index in [2.05, 4.69) is 12.2 Å². The summed E-state index contributed by atoms with van der Waals surface area (Å²) in [5.74, 6) is -2.97. The minimum Gasteiger partial charge on any atom is -0.313 e. The van der Waals surface area contributed by atoms with Crippen LogP contribution in [0, 0.1) is 24.4 Å². The number of hydrogen-bond acceptors (Lipinski definition) is 1. The molecule has 0 bridgehead atoms. The Kier molecular flexibility index (Phi) is 5.02. The highest BCUT2D eigenvalue weighted by molar-refractivity contribution is 5.68. The van der Waals surface area contributed by atoms with E-state index in [-0.39, 0.29) is 5.56 Å². The van der Waals surface area contributed by atoms with Crippen molar-refractivity contribution < 1.29 is 13.2 Å². The van der Waals surface area contributed by atoms with Gasteiger partial charge < -0.3 is 5.32 Å². The van der Waals surface area contributed by atoms with Crippen LogP contribution in [0.1, 0.15) is 24.5 Å². The van der Waals surface area contributed by atoms with Gasteiger partial charge in [-0.05, 0) is 48.7 Å². The van der Waals surface area contributed by atoms with E-state index in [0.29, 0.717) is 18.2 Å². The molecule has 1 nitrogen and oxygen atoms in total. The van der Waals surface area contributed by atoms with Crippen LogP contribution in [0.3, 0.4) is 0 Å². The second-order valence-corrected chi connectivity index (χ2v) is 5.07. The van der Waals surface area contributed by atoms with Gasteiger partial charge in [-0.1, -0.05) is 19.1 Å². The first-order valence-corrected chi connectivity index (χ1v) is 6.98. The zero-order valence-electron chi connectivity index (χ0n) is 12.1. The lowest BCUT2D eigenvalue weighted by atomic mass is 9.97. The molecule has 4 heteroatoms. The Balaban J connectivity index is 2.39. The summed E-state index contributed by atoms with van der Waals surface area (Å²) in [6.07, 6.45) is 1.02. The number of halogens is 3. The average Bonchev–Trinajstić information content (AvgIpc) is 2.45. The topological polar surface area (TPSA) is 12.0 Å². The first-order valence-electron chi connectivity index (χ1n) is 6.98. The smallest absolute Gasteiger partial charge is 0.161 e. The second kappa shape index (κ2) is 6.76. The maximum atomic E-state index is 13.9. The van der Waals surface area contributed by atoms with Crippen molar-refractivity contribution in [3.63, 3.8) is 0 Å². The van der Waals surface area contributed by atoms with Gasteiger partial charge in [-0.25, -0.2) is 13.2 Å². The molecule has 0 fully saturated rings. The lowest BCUT2D eigenvalue weighted by Gasteiger charge is -2.11. The van der Waals surface area contributed by atoms with Gasteiger partial charge in [0.05, 0.1) is 0 Å². The Hall–Kier alpha value is -1.81. The van der Waals surface area contributed by atoms with E-state index >= 15 is 0 Å². The maximum Gasteiger partial charge on any atom is 0.161 e. The van der Waals surface area contributed by atoms with Crippen molar-refractivity contribution in [3.8, 4) is 11.1 Å². The summed E-state index contributed by atoms with van der Waals surface area (Å²) in [7, 11) is 0. The summed E-state index contributed by atoms with van der Waals surface area (Å²) in [5.41, 5.74) is 2.47. The van der Waals surface area contributed by atoms with Crippen molar-refractivity contribution in [2.75, 3.05) is 6.54 Å². The number of nitrogens with one attached hydrogen (secondary N) is 1. The fraction of sp³-hybridized carbons (Fsp3) is 0.294. The number of aryl methyl sites for hydroxylation is 1. The van der Waals surface area contributed by atoms with Crippen molar-refractivity contribution >= 4 is 0 Å². The maximum absolute atomic E-state index is 13.9. The van der Waals surface area contributed by atoms with E-state index in [1.54, 1.807) is 0 Å². The average molecular weight is 293 g/mol. The van der Waals surface area contributed by atoms with Gasteiger partial charge in [-0.3, -0.25) is 0 Å². The Bertz CT molecular complexity index is 638. The SMILES string of the molecule is CCCNCc1ccc(C)c(-c2cc(F)c(F)cc2F)c1. The molecule has 1 N–H and O–H groups in total. The van der Waals surface area contributed by atoms with Crippen molar-refractivity contribution in [1.82, 2.24) is 5.32 Å². The van der Waals surface area contributed by atoms with Crippen LogP contribution >= 0.6 is 0 Å². The molecular weight excluding hydrogens is 275 g/mol. The van der Waals surface area contributed by atoms with Gasteiger partial charge in [-0.15, -0.1) is 0 Å². The molecule has 0 saturated heterocycles.